The average Bonchev–Trinajstić information content (AvgIpc) is 2.42. The monoisotopic (exact) mass is 248 g/mol. The van der Waals surface area contributed by atoms with Gasteiger partial charge in [0.1, 0.15) is 0 Å². The summed E-state index contributed by atoms with van der Waals surface area (Å²) in [5.74, 6) is 0.905. The van der Waals surface area contributed by atoms with Gasteiger partial charge in [0.25, 0.3) is 0 Å². The van der Waals surface area contributed by atoms with Gasteiger partial charge in [0.2, 0.25) is 9.84 Å². The maximum atomic E-state index is 12.2. The maximum absolute atomic E-state index is 12.2. The van der Waals surface area contributed by atoms with E-state index in [0.717, 1.165) is 0 Å². The third kappa shape index (κ3) is 1.64. The molecule has 6 rings (SSSR count). The molecule has 0 aliphatic carbocycles. The highest BCUT2D eigenvalue weighted by Gasteiger charge is 2.18. The topological polar surface area (TPSA) is 52.6 Å². The van der Waals surface area contributed by atoms with E-state index in [1.165, 1.54) is 24.3 Å². The van der Waals surface area contributed by atoms with Gasteiger partial charge in [-0.05, 0) is 48.5 Å². The molecule has 2 aromatic rings. The van der Waals surface area contributed by atoms with Crippen LogP contribution in [-0.4, -0.2) is 8.42 Å². The molecule has 0 radical (unpaired) electrons. The highest BCUT2D eigenvalue weighted by atomic mass is 32.2. The molecule has 0 spiro atoms. The number of sulfone groups is 1. The molecular formula is C12H8O4S. The molecular weight excluding hydrogens is 240 g/mol. The lowest BCUT2D eigenvalue weighted by Crippen LogP contribution is -2.00. The third-order valence-corrected chi connectivity index (χ3v) is 4.29. The minimum atomic E-state index is -3.46. The van der Waals surface area contributed by atoms with Crippen molar-refractivity contribution < 1.29 is 18.2 Å². The van der Waals surface area contributed by atoms with Crippen molar-refractivity contribution in [3.8, 4) is 11.5 Å². The van der Waals surface area contributed by atoms with Gasteiger partial charge in [-0.1, -0.05) is 0 Å². The van der Waals surface area contributed by atoms with Gasteiger partial charge < -0.3 is 0 Å². The van der Waals surface area contributed by atoms with Gasteiger partial charge in [-0.3, -0.25) is 9.78 Å². The van der Waals surface area contributed by atoms with Gasteiger partial charge in [0, 0.05) is 0 Å². The Morgan fingerprint density at radius 2 is 1.00 bits per heavy atom. The Hall–Kier alpha value is -2.01. The first kappa shape index (κ1) is 10.2. The van der Waals surface area contributed by atoms with Crippen molar-refractivity contribution in [2.75, 3.05) is 0 Å². The standard InChI is InChI=1S/C12H8O4S/c13-17(14)11-5-1-9(2-6-11)15-16-10-3-7-12(17)8-4-10/h1-8H. The molecule has 86 valence electrons. The van der Waals surface area contributed by atoms with Crippen molar-refractivity contribution in [3.05, 3.63) is 48.5 Å². The summed E-state index contributed by atoms with van der Waals surface area (Å²) in [5, 5.41) is 0. The van der Waals surface area contributed by atoms with Crippen LogP contribution in [0.5, 0.6) is 11.5 Å². The summed E-state index contributed by atoms with van der Waals surface area (Å²) in [6.07, 6.45) is 0. The second kappa shape index (κ2) is 3.49. The molecule has 4 bridgehead atoms. The van der Waals surface area contributed by atoms with E-state index >= 15 is 0 Å². The van der Waals surface area contributed by atoms with E-state index < -0.39 is 9.84 Å². The summed E-state index contributed by atoms with van der Waals surface area (Å²) in [5.41, 5.74) is 0. The lowest BCUT2D eigenvalue weighted by molar-refractivity contribution is -0.1000. The molecule has 0 N–H and O–H groups in total. The first-order valence-electron chi connectivity index (χ1n) is 4.96. The number of hydrogen-bond acceptors (Lipinski definition) is 4. The Balaban J connectivity index is 2.30. The summed E-state index contributed by atoms with van der Waals surface area (Å²) in [7, 11) is -3.46. The Bertz CT molecular complexity index is 588. The fraction of sp³-hybridized carbons (Fsp3) is 0. The van der Waals surface area contributed by atoms with Crippen molar-refractivity contribution in [1.82, 2.24) is 0 Å². The lowest BCUT2D eigenvalue weighted by Gasteiger charge is -2.03. The molecule has 17 heavy (non-hydrogen) atoms. The Kier molecular flexibility index (Phi) is 2.09. The smallest absolute Gasteiger partial charge is 0.206 e. The number of rotatable bonds is 0. The van der Waals surface area contributed by atoms with Crippen LogP contribution in [-0.2, 0) is 9.84 Å². The summed E-state index contributed by atoms with van der Waals surface area (Å²) >= 11 is 0. The fourth-order valence-corrected chi connectivity index (χ4v) is 2.84. The number of hydrogen-bond donors (Lipinski definition) is 0. The van der Waals surface area contributed by atoms with Gasteiger partial charge in [-0.15, -0.1) is 0 Å². The zero-order valence-electron chi connectivity index (χ0n) is 8.66. The van der Waals surface area contributed by atoms with Gasteiger partial charge in [0.15, 0.2) is 11.5 Å². The summed E-state index contributed by atoms with van der Waals surface area (Å²) < 4.78 is 24.4. The van der Waals surface area contributed by atoms with E-state index in [9.17, 15) is 8.42 Å². The largest absolute Gasteiger partial charge is 0.290 e. The maximum Gasteiger partial charge on any atom is 0.206 e. The third-order valence-electron chi connectivity index (χ3n) is 2.50. The van der Waals surface area contributed by atoms with Crippen LogP contribution in [0.1, 0.15) is 0 Å². The van der Waals surface area contributed by atoms with E-state index in [1.54, 1.807) is 24.3 Å². The molecule has 4 heterocycles. The Morgan fingerprint density at radius 1 is 0.647 bits per heavy atom. The van der Waals surface area contributed by atoms with E-state index in [-0.39, 0.29) is 9.79 Å². The molecule has 0 amide bonds. The van der Waals surface area contributed by atoms with Gasteiger partial charge in [0.05, 0.1) is 9.79 Å². The highest BCUT2D eigenvalue weighted by Crippen LogP contribution is 2.26. The van der Waals surface area contributed by atoms with E-state index in [2.05, 4.69) is 0 Å². The fourth-order valence-electron chi connectivity index (χ4n) is 1.58. The first-order chi connectivity index (χ1) is 8.16. The van der Waals surface area contributed by atoms with Gasteiger partial charge >= 0.3 is 0 Å². The molecule has 0 fully saturated rings. The predicted octanol–water partition coefficient (Wildman–Crippen LogP) is 2.21. The second-order valence-corrected chi connectivity index (χ2v) is 5.56. The molecule has 0 atom stereocenters. The van der Waals surface area contributed by atoms with Crippen LogP contribution >= 0.6 is 0 Å². The lowest BCUT2D eigenvalue weighted by atomic mass is 10.3. The van der Waals surface area contributed by atoms with Crippen LogP contribution in [0.3, 0.4) is 0 Å². The van der Waals surface area contributed by atoms with E-state index in [4.69, 9.17) is 9.78 Å². The van der Waals surface area contributed by atoms with Crippen molar-refractivity contribution >= 4 is 9.84 Å². The molecule has 2 aromatic carbocycles. The second-order valence-electron chi connectivity index (χ2n) is 3.61. The van der Waals surface area contributed by atoms with Crippen molar-refractivity contribution in [3.63, 3.8) is 0 Å². The van der Waals surface area contributed by atoms with Crippen LogP contribution in [0.15, 0.2) is 58.3 Å². The molecule has 5 heteroatoms. The minimum Gasteiger partial charge on any atom is -0.290 e. The average molecular weight is 248 g/mol. The summed E-state index contributed by atoms with van der Waals surface area (Å²) in [6.45, 7) is 0. The molecule has 4 aliphatic rings. The van der Waals surface area contributed by atoms with Crippen LogP contribution in [0.25, 0.3) is 0 Å². The number of benzene rings is 2. The molecule has 0 aromatic heterocycles. The van der Waals surface area contributed by atoms with Crippen LogP contribution in [0.4, 0.5) is 0 Å². The molecule has 4 aliphatic heterocycles. The zero-order chi connectivity index (χ0) is 11.9. The highest BCUT2D eigenvalue weighted by molar-refractivity contribution is 7.91. The Morgan fingerprint density at radius 3 is 1.35 bits per heavy atom. The minimum absolute atomic E-state index is 0.236. The van der Waals surface area contributed by atoms with Crippen molar-refractivity contribution in [2.45, 2.75) is 9.79 Å². The Labute approximate surface area is 98.3 Å². The molecule has 4 nitrogen and oxygen atoms in total. The molecule has 0 saturated heterocycles. The molecule has 0 saturated carbocycles. The van der Waals surface area contributed by atoms with Crippen molar-refractivity contribution in [1.29, 1.82) is 0 Å². The van der Waals surface area contributed by atoms with Gasteiger partial charge in [-0.2, -0.15) is 0 Å². The van der Waals surface area contributed by atoms with Crippen LogP contribution in [0.2, 0.25) is 0 Å². The van der Waals surface area contributed by atoms with Crippen LogP contribution < -0.4 is 9.78 Å². The van der Waals surface area contributed by atoms with Gasteiger partial charge in [-0.25, -0.2) is 8.42 Å². The first-order valence-corrected chi connectivity index (χ1v) is 6.44. The van der Waals surface area contributed by atoms with Crippen molar-refractivity contribution in [2.24, 2.45) is 0 Å². The van der Waals surface area contributed by atoms with E-state index in [1.807, 2.05) is 0 Å². The predicted molar refractivity (Wildman–Crippen MR) is 59.6 cm³/mol. The molecule has 0 unspecified atom stereocenters. The van der Waals surface area contributed by atoms with E-state index in [0.29, 0.717) is 11.5 Å². The normalized spacial score (nSPS) is 15.8. The quantitative estimate of drug-likeness (QED) is 0.671. The van der Waals surface area contributed by atoms with Crippen LogP contribution in [0, 0.1) is 0 Å². The summed E-state index contributed by atoms with van der Waals surface area (Å²) in [4.78, 5) is 10.6. The SMILES string of the molecule is O=S1(=O)c2ccc(cc2)OOc2ccc1cc2. The zero-order valence-corrected chi connectivity index (χ0v) is 9.48. The summed E-state index contributed by atoms with van der Waals surface area (Å²) in [6, 6.07) is 12.2.